The molecule has 0 aromatic rings. The van der Waals surface area contributed by atoms with Crippen molar-refractivity contribution in [2.45, 2.75) is 90.0 Å². The average Bonchev–Trinajstić information content (AvgIpc) is 3.31. The summed E-state index contributed by atoms with van der Waals surface area (Å²) in [6.45, 7) is 14.9. The third-order valence-electron chi connectivity index (χ3n) is 7.40. The number of carbonyl (C=O) groups excluding carboxylic acids is 2. The van der Waals surface area contributed by atoms with Gasteiger partial charge in [-0.15, -0.1) is 6.58 Å². The van der Waals surface area contributed by atoms with E-state index in [-0.39, 0.29) is 30.4 Å². The summed E-state index contributed by atoms with van der Waals surface area (Å²) in [5, 5.41) is 19.1. The first-order valence-corrected chi connectivity index (χ1v) is 12.0. The quantitative estimate of drug-likeness (QED) is 0.380. The number of aliphatic carboxylic acids is 1. The SMILES string of the molecule is C=CCN(C(=O)C1N(CCCCO)C(=O)[C@@H]2[C@@H](C(=O)O)[C@H]3CCC12O3)C(C)(C)CC(C)(C)C. The smallest absolute Gasteiger partial charge is 0.310 e. The van der Waals surface area contributed by atoms with Crippen LogP contribution in [0.1, 0.15) is 66.7 Å². The van der Waals surface area contributed by atoms with Gasteiger partial charge in [0.15, 0.2) is 0 Å². The van der Waals surface area contributed by atoms with E-state index in [1.165, 1.54) is 0 Å². The van der Waals surface area contributed by atoms with Crippen LogP contribution in [0, 0.1) is 17.3 Å². The number of rotatable bonds is 10. The second-order valence-electron chi connectivity index (χ2n) is 11.6. The second kappa shape index (κ2) is 9.02. The standard InChI is InChI=1S/C25H40N2O6/c1-7-12-27(24(5,6)15-23(2,3)4)21(30)19-25-11-10-16(33-25)17(22(31)32)18(25)20(29)26(19)13-8-9-14-28/h7,16-19,28H,1,8-15H2,2-6H3,(H,31,32)/t16-,17+,18+,19?,25?/m1/s1. The monoisotopic (exact) mass is 464 g/mol. The minimum Gasteiger partial charge on any atom is -0.481 e. The number of nitrogens with zero attached hydrogens (tertiary/aromatic N) is 2. The maximum atomic E-state index is 14.3. The lowest BCUT2D eigenvalue weighted by Crippen LogP contribution is -2.61. The molecule has 2 N–H and O–H groups in total. The number of carbonyl (C=O) groups is 3. The normalized spacial score (nSPS) is 31.1. The number of ether oxygens (including phenoxy) is 1. The summed E-state index contributed by atoms with van der Waals surface area (Å²) in [6.07, 6.45) is 3.94. The van der Waals surface area contributed by atoms with E-state index in [0.29, 0.717) is 32.2 Å². The van der Waals surface area contributed by atoms with Crippen molar-refractivity contribution >= 4 is 17.8 Å². The maximum Gasteiger partial charge on any atom is 0.310 e. The van der Waals surface area contributed by atoms with Crippen LogP contribution in [0.4, 0.5) is 0 Å². The molecule has 186 valence electrons. The van der Waals surface area contributed by atoms with E-state index in [1.807, 2.05) is 13.8 Å². The molecule has 2 bridgehead atoms. The molecule has 0 aromatic heterocycles. The number of aliphatic hydroxyl groups excluding tert-OH is 1. The summed E-state index contributed by atoms with van der Waals surface area (Å²) >= 11 is 0. The Hall–Kier alpha value is -1.93. The summed E-state index contributed by atoms with van der Waals surface area (Å²) in [6, 6.07) is -0.873. The van der Waals surface area contributed by atoms with Gasteiger partial charge in [-0.05, 0) is 51.4 Å². The van der Waals surface area contributed by atoms with Gasteiger partial charge in [-0.3, -0.25) is 14.4 Å². The molecular formula is C25H40N2O6. The van der Waals surface area contributed by atoms with Crippen molar-refractivity contribution in [2.75, 3.05) is 19.7 Å². The molecule has 2 unspecified atom stereocenters. The van der Waals surface area contributed by atoms with Gasteiger partial charge in [0.25, 0.3) is 0 Å². The summed E-state index contributed by atoms with van der Waals surface area (Å²) in [5.74, 6) is -3.35. The van der Waals surface area contributed by atoms with Gasteiger partial charge in [-0.2, -0.15) is 0 Å². The van der Waals surface area contributed by atoms with Crippen LogP contribution in [0.25, 0.3) is 0 Å². The molecule has 3 saturated heterocycles. The number of hydrogen-bond acceptors (Lipinski definition) is 5. The maximum absolute atomic E-state index is 14.3. The second-order valence-corrected chi connectivity index (χ2v) is 11.6. The Labute approximate surface area is 196 Å². The highest BCUT2D eigenvalue weighted by Gasteiger charge is 2.75. The van der Waals surface area contributed by atoms with E-state index >= 15 is 0 Å². The van der Waals surface area contributed by atoms with E-state index < -0.39 is 41.1 Å². The van der Waals surface area contributed by atoms with Gasteiger partial charge in [-0.25, -0.2) is 0 Å². The van der Waals surface area contributed by atoms with E-state index in [9.17, 15) is 24.6 Å². The zero-order valence-corrected chi connectivity index (χ0v) is 20.7. The van der Waals surface area contributed by atoms with Crippen LogP contribution in [-0.4, -0.2) is 80.8 Å². The fraction of sp³-hybridized carbons (Fsp3) is 0.800. The zero-order valence-electron chi connectivity index (χ0n) is 20.7. The Bertz CT molecular complexity index is 803. The van der Waals surface area contributed by atoms with Crippen LogP contribution < -0.4 is 0 Å². The summed E-state index contributed by atoms with van der Waals surface area (Å²) < 4.78 is 6.27. The minimum atomic E-state index is -1.11. The molecule has 3 aliphatic heterocycles. The number of unbranched alkanes of at least 4 members (excludes halogenated alkanes) is 1. The number of carboxylic acid groups (broad SMARTS) is 1. The lowest BCUT2D eigenvalue weighted by Gasteiger charge is -2.45. The van der Waals surface area contributed by atoms with Crippen LogP contribution in [0.3, 0.4) is 0 Å². The van der Waals surface area contributed by atoms with Gasteiger partial charge in [-0.1, -0.05) is 26.8 Å². The predicted molar refractivity (Wildman–Crippen MR) is 123 cm³/mol. The first-order chi connectivity index (χ1) is 15.3. The molecule has 8 nitrogen and oxygen atoms in total. The minimum absolute atomic E-state index is 0.00720. The molecule has 3 heterocycles. The lowest BCUT2D eigenvalue weighted by atomic mass is 9.70. The fourth-order valence-corrected chi connectivity index (χ4v) is 6.65. The molecular weight excluding hydrogens is 424 g/mol. The van der Waals surface area contributed by atoms with Crippen LogP contribution in [0.5, 0.6) is 0 Å². The largest absolute Gasteiger partial charge is 0.481 e. The number of aliphatic hydroxyl groups is 1. The molecule has 0 saturated carbocycles. The zero-order chi connectivity index (χ0) is 24.8. The highest BCUT2D eigenvalue weighted by molar-refractivity contribution is 5.98. The molecule has 3 aliphatic rings. The van der Waals surface area contributed by atoms with E-state index in [1.54, 1.807) is 15.9 Å². The van der Waals surface area contributed by atoms with E-state index in [0.717, 1.165) is 6.42 Å². The summed E-state index contributed by atoms with van der Waals surface area (Å²) in [4.78, 5) is 43.3. The Morgan fingerprint density at radius 3 is 2.48 bits per heavy atom. The third-order valence-corrected chi connectivity index (χ3v) is 7.40. The molecule has 8 heteroatoms. The Balaban J connectivity index is 2.03. The van der Waals surface area contributed by atoms with E-state index in [4.69, 9.17) is 4.74 Å². The van der Waals surface area contributed by atoms with Crippen LogP contribution in [-0.2, 0) is 19.1 Å². The number of carboxylic acids is 1. The molecule has 5 atom stereocenters. The van der Waals surface area contributed by atoms with Gasteiger partial charge in [0, 0.05) is 25.2 Å². The van der Waals surface area contributed by atoms with Gasteiger partial charge in [0.1, 0.15) is 11.6 Å². The molecule has 3 fully saturated rings. The van der Waals surface area contributed by atoms with Crippen molar-refractivity contribution in [3.8, 4) is 0 Å². The Morgan fingerprint density at radius 1 is 1.27 bits per heavy atom. The fourth-order valence-electron chi connectivity index (χ4n) is 6.65. The van der Waals surface area contributed by atoms with Gasteiger partial charge >= 0.3 is 5.97 Å². The van der Waals surface area contributed by atoms with Crippen LogP contribution >= 0.6 is 0 Å². The lowest BCUT2D eigenvalue weighted by molar-refractivity contribution is -0.153. The number of likely N-dealkylation sites (tertiary alicyclic amines) is 1. The molecule has 33 heavy (non-hydrogen) atoms. The average molecular weight is 465 g/mol. The topological polar surface area (TPSA) is 107 Å². The first kappa shape index (κ1) is 25.7. The van der Waals surface area contributed by atoms with E-state index in [2.05, 4.69) is 27.4 Å². The van der Waals surface area contributed by atoms with Crippen molar-refractivity contribution in [1.29, 1.82) is 0 Å². The highest BCUT2D eigenvalue weighted by Crippen LogP contribution is 2.58. The highest BCUT2D eigenvalue weighted by atomic mass is 16.5. The Morgan fingerprint density at radius 2 is 1.94 bits per heavy atom. The van der Waals surface area contributed by atoms with Gasteiger partial charge < -0.3 is 24.7 Å². The molecule has 0 radical (unpaired) electrons. The van der Waals surface area contributed by atoms with Crippen molar-refractivity contribution in [2.24, 2.45) is 17.3 Å². The molecule has 3 rings (SSSR count). The van der Waals surface area contributed by atoms with Crippen molar-refractivity contribution in [1.82, 2.24) is 9.80 Å². The van der Waals surface area contributed by atoms with Crippen molar-refractivity contribution in [3.63, 3.8) is 0 Å². The van der Waals surface area contributed by atoms with Crippen molar-refractivity contribution in [3.05, 3.63) is 12.7 Å². The van der Waals surface area contributed by atoms with Crippen LogP contribution in [0.2, 0.25) is 0 Å². The number of fused-ring (bicyclic) bond motifs is 1. The van der Waals surface area contributed by atoms with Crippen molar-refractivity contribution < 1.29 is 29.3 Å². The molecule has 2 amide bonds. The predicted octanol–water partition coefficient (Wildman–Crippen LogP) is 2.45. The molecule has 0 aliphatic carbocycles. The number of hydrogen-bond donors (Lipinski definition) is 2. The van der Waals surface area contributed by atoms with Gasteiger partial charge in [0.2, 0.25) is 11.8 Å². The third kappa shape index (κ3) is 4.44. The molecule has 1 spiro atoms. The summed E-state index contributed by atoms with van der Waals surface area (Å²) in [7, 11) is 0. The number of amides is 2. The van der Waals surface area contributed by atoms with Gasteiger partial charge in [0.05, 0.1) is 17.9 Å². The first-order valence-electron chi connectivity index (χ1n) is 12.0. The molecule has 0 aromatic carbocycles. The summed E-state index contributed by atoms with van der Waals surface area (Å²) in [5.41, 5.74) is -1.66. The Kier molecular flexibility index (Phi) is 7.02. The van der Waals surface area contributed by atoms with Crippen LogP contribution in [0.15, 0.2) is 12.7 Å².